The maximum absolute atomic E-state index is 12.0. The highest BCUT2D eigenvalue weighted by Crippen LogP contribution is 2.21. The molecule has 2 heteroatoms. The van der Waals surface area contributed by atoms with Crippen LogP contribution in [-0.4, -0.2) is 12.3 Å². The van der Waals surface area contributed by atoms with Gasteiger partial charge in [-0.15, -0.1) is 0 Å². The third-order valence-electron chi connectivity index (χ3n) is 3.80. The Balaban J connectivity index is 2.40. The Bertz CT molecular complexity index is 381. The third kappa shape index (κ3) is 6.02. The molecule has 0 bridgehead atoms. The Kier molecular flexibility index (Phi) is 6.79. The molecule has 1 rings (SSSR count). The lowest BCUT2D eigenvalue weighted by Gasteiger charge is -2.19. The minimum atomic E-state index is 0.339. The van der Waals surface area contributed by atoms with Gasteiger partial charge in [-0.2, -0.15) is 0 Å². The summed E-state index contributed by atoms with van der Waals surface area (Å²) >= 11 is 0. The second-order valence-corrected chi connectivity index (χ2v) is 5.82. The van der Waals surface area contributed by atoms with Crippen molar-refractivity contribution in [2.45, 2.75) is 46.5 Å². The topological polar surface area (TPSA) is 43.1 Å². The summed E-state index contributed by atoms with van der Waals surface area (Å²) in [6.45, 7) is 7.20. The maximum Gasteiger partial charge on any atom is 0.137 e. The number of hydrogen-bond donors (Lipinski definition) is 1. The maximum atomic E-state index is 12.0. The molecular weight excluding hydrogens is 234 g/mol. The molecule has 1 aromatic carbocycles. The molecule has 1 aromatic rings. The predicted octanol–water partition coefficient (Wildman–Crippen LogP) is 3.51. The number of aryl methyl sites for hydroxylation is 1. The fourth-order valence-corrected chi connectivity index (χ4v) is 2.39. The molecule has 2 N–H and O–H groups in total. The second kappa shape index (κ2) is 8.11. The van der Waals surface area contributed by atoms with Crippen LogP contribution < -0.4 is 5.73 Å². The van der Waals surface area contributed by atoms with Crippen LogP contribution in [0.15, 0.2) is 24.3 Å². The highest BCUT2D eigenvalue weighted by atomic mass is 16.1. The van der Waals surface area contributed by atoms with E-state index in [4.69, 9.17) is 5.73 Å². The smallest absolute Gasteiger partial charge is 0.137 e. The van der Waals surface area contributed by atoms with Crippen LogP contribution in [0.4, 0.5) is 0 Å². The SMILES string of the molecule is Cc1ccc(CC(=O)CCC(CCN)C(C)C)cc1. The molecular formula is C17H27NO. The number of hydrogen-bond acceptors (Lipinski definition) is 2. The summed E-state index contributed by atoms with van der Waals surface area (Å²) < 4.78 is 0. The first kappa shape index (κ1) is 15.9. The van der Waals surface area contributed by atoms with Crippen molar-refractivity contribution in [3.8, 4) is 0 Å². The van der Waals surface area contributed by atoms with Crippen molar-refractivity contribution in [2.24, 2.45) is 17.6 Å². The zero-order valence-electron chi connectivity index (χ0n) is 12.5. The molecule has 2 nitrogen and oxygen atoms in total. The monoisotopic (exact) mass is 261 g/mol. The van der Waals surface area contributed by atoms with Crippen LogP contribution in [0, 0.1) is 18.8 Å². The van der Waals surface area contributed by atoms with Crippen molar-refractivity contribution in [3.63, 3.8) is 0 Å². The van der Waals surface area contributed by atoms with Gasteiger partial charge in [0.1, 0.15) is 5.78 Å². The molecule has 0 aliphatic rings. The first-order chi connectivity index (χ1) is 9.02. The molecule has 0 saturated heterocycles. The Hall–Kier alpha value is -1.15. The number of carbonyl (C=O) groups excluding carboxylic acids is 1. The molecule has 19 heavy (non-hydrogen) atoms. The normalized spacial score (nSPS) is 12.7. The average Bonchev–Trinajstić information content (AvgIpc) is 2.37. The van der Waals surface area contributed by atoms with Gasteiger partial charge in [0, 0.05) is 12.8 Å². The van der Waals surface area contributed by atoms with E-state index in [1.807, 2.05) is 12.1 Å². The van der Waals surface area contributed by atoms with E-state index in [9.17, 15) is 4.79 Å². The van der Waals surface area contributed by atoms with Gasteiger partial charge in [0.25, 0.3) is 0 Å². The third-order valence-corrected chi connectivity index (χ3v) is 3.80. The van der Waals surface area contributed by atoms with Crippen LogP contribution in [0.25, 0.3) is 0 Å². The summed E-state index contributed by atoms with van der Waals surface area (Å²) in [7, 11) is 0. The van der Waals surface area contributed by atoms with Crippen LogP contribution in [-0.2, 0) is 11.2 Å². The van der Waals surface area contributed by atoms with E-state index in [0.29, 0.717) is 30.5 Å². The van der Waals surface area contributed by atoms with Crippen LogP contribution in [0.5, 0.6) is 0 Å². The van der Waals surface area contributed by atoms with E-state index in [1.165, 1.54) is 5.56 Å². The summed E-state index contributed by atoms with van der Waals surface area (Å²) in [6.07, 6.45) is 3.24. The number of benzene rings is 1. The molecule has 0 aromatic heterocycles. The van der Waals surface area contributed by atoms with Crippen molar-refractivity contribution in [1.82, 2.24) is 0 Å². The van der Waals surface area contributed by atoms with Crippen molar-refractivity contribution in [3.05, 3.63) is 35.4 Å². The Morgan fingerprint density at radius 1 is 1.16 bits per heavy atom. The fourth-order valence-electron chi connectivity index (χ4n) is 2.39. The van der Waals surface area contributed by atoms with Crippen molar-refractivity contribution < 1.29 is 4.79 Å². The number of ketones is 1. The molecule has 0 spiro atoms. The van der Waals surface area contributed by atoms with Gasteiger partial charge in [-0.3, -0.25) is 4.79 Å². The van der Waals surface area contributed by atoms with Crippen molar-refractivity contribution >= 4 is 5.78 Å². The largest absolute Gasteiger partial charge is 0.330 e. The molecule has 1 unspecified atom stereocenters. The van der Waals surface area contributed by atoms with Crippen LogP contribution >= 0.6 is 0 Å². The molecule has 0 saturated carbocycles. The zero-order valence-corrected chi connectivity index (χ0v) is 12.5. The van der Waals surface area contributed by atoms with Gasteiger partial charge in [0.15, 0.2) is 0 Å². The number of nitrogens with two attached hydrogens (primary N) is 1. The van der Waals surface area contributed by atoms with Gasteiger partial charge in [0.2, 0.25) is 0 Å². The second-order valence-electron chi connectivity index (χ2n) is 5.82. The lowest BCUT2D eigenvalue weighted by molar-refractivity contribution is -0.118. The van der Waals surface area contributed by atoms with Crippen molar-refractivity contribution in [2.75, 3.05) is 6.54 Å². The Morgan fingerprint density at radius 2 is 1.79 bits per heavy atom. The Morgan fingerprint density at radius 3 is 2.32 bits per heavy atom. The van der Waals surface area contributed by atoms with Gasteiger partial charge in [0.05, 0.1) is 0 Å². The van der Waals surface area contributed by atoms with E-state index in [0.717, 1.165) is 24.9 Å². The van der Waals surface area contributed by atoms with Crippen LogP contribution in [0.1, 0.15) is 44.2 Å². The van der Waals surface area contributed by atoms with Gasteiger partial charge < -0.3 is 5.73 Å². The van der Waals surface area contributed by atoms with Crippen molar-refractivity contribution in [1.29, 1.82) is 0 Å². The molecule has 0 fully saturated rings. The summed E-state index contributed by atoms with van der Waals surface area (Å²) in [5.74, 6) is 1.52. The predicted molar refractivity (Wildman–Crippen MR) is 81.1 cm³/mol. The first-order valence-electron chi connectivity index (χ1n) is 7.30. The average molecular weight is 261 g/mol. The molecule has 0 aliphatic carbocycles. The highest BCUT2D eigenvalue weighted by Gasteiger charge is 2.14. The lowest BCUT2D eigenvalue weighted by Crippen LogP contribution is -2.16. The Labute approximate surface area is 117 Å². The zero-order chi connectivity index (χ0) is 14.3. The molecule has 0 heterocycles. The van der Waals surface area contributed by atoms with Crippen LogP contribution in [0.3, 0.4) is 0 Å². The van der Waals surface area contributed by atoms with E-state index >= 15 is 0 Å². The first-order valence-corrected chi connectivity index (χ1v) is 7.30. The van der Waals surface area contributed by atoms with Gasteiger partial charge in [-0.05, 0) is 43.7 Å². The number of Topliss-reactive ketones (excluding diaryl/α,β-unsaturated/α-hetero) is 1. The molecule has 106 valence electrons. The summed E-state index contributed by atoms with van der Waals surface area (Å²) in [6, 6.07) is 8.22. The quantitative estimate of drug-likeness (QED) is 0.778. The summed E-state index contributed by atoms with van der Waals surface area (Å²) in [5, 5.41) is 0. The molecule has 0 amide bonds. The van der Waals surface area contributed by atoms with Gasteiger partial charge >= 0.3 is 0 Å². The van der Waals surface area contributed by atoms with E-state index < -0.39 is 0 Å². The minimum Gasteiger partial charge on any atom is -0.330 e. The molecule has 0 radical (unpaired) electrons. The lowest BCUT2D eigenvalue weighted by atomic mass is 9.87. The standard InChI is InChI=1S/C17H27NO/c1-13(2)16(10-11-18)8-9-17(19)12-15-6-4-14(3)5-7-15/h4-7,13,16H,8-12,18H2,1-3H3. The molecule has 1 atom stereocenters. The summed E-state index contributed by atoms with van der Waals surface area (Å²) in [5.41, 5.74) is 7.98. The van der Waals surface area contributed by atoms with E-state index in [-0.39, 0.29) is 0 Å². The number of carbonyl (C=O) groups is 1. The minimum absolute atomic E-state index is 0.339. The highest BCUT2D eigenvalue weighted by molar-refractivity contribution is 5.80. The van der Waals surface area contributed by atoms with E-state index in [2.05, 4.69) is 32.9 Å². The fraction of sp³-hybridized carbons (Fsp3) is 0.588. The van der Waals surface area contributed by atoms with Gasteiger partial charge in [-0.1, -0.05) is 43.7 Å². The van der Waals surface area contributed by atoms with Gasteiger partial charge in [-0.25, -0.2) is 0 Å². The van der Waals surface area contributed by atoms with Crippen LogP contribution in [0.2, 0.25) is 0 Å². The summed E-state index contributed by atoms with van der Waals surface area (Å²) in [4.78, 5) is 12.0. The number of rotatable bonds is 8. The van der Waals surface area contributed by atoms with E-state index in [1.54, 1.807) is 0 Å². The molecule has 0 aliphatic heterocycles.